The predicted octanol–water partition coefficient (Wildman–Crippen LogP) is 2.17. The fourth-order valence-corrected chi connectivity index (χ4v) is 1.95. The van der Waals surface area contributed by atoms with Gasteiger partial charge in [-0.1, -0.05) is 0 Å². The van der Waals surface area contributed by atoms with Gasteiger partial charge < -0.3 is 20.7 Å². The van der Waals surface area contributed by atoms with E-state index in [0.29, 0.717) is 0 Å². The van der Waals surface area contributed by atoms with Crippen LogP contribution in [-0.2, 0) is 4.79 Å². The minimum absolute atomic E-state index is 0.0133. The van der Waals surface area contributed by atoms with Gasteiger partial charge in [-0.3, -0.25) is 4.79 Å². The largest absolute Gasteiger partial charge is 0.504 e. The second kappa shape index (κ2) is 6.01. The molecule has 0 amide bonds. The molecule has 1 rings (SSSR count). The van der Waals surface area contributed by atoms with Crippen molar-refractivity contribution in [2.24, 2.45) is 5.73 Å². The Morgan fingerprint density at radius 1 is 1.67 bits per heavy atom. The first kappa shape index (κ1) is 14.7. The molecule has 1 atom stereocenters. The summed E-state index contributed by atoms with van der Waals surface area (Å²) in [5.74, 6) is -2.08. The first-order valence-corrected chi connectivity index (χ1v) is 5.90. The number of hydrogen-bond acceptors (Lipinski definition) is 4. The average Bonchev–Trinajstić information content (AvgIpc) is 2.31. The Balaban J connectivity index is 3.13. The molecule has 0 bridgehead atoms. The van der Waals surface area contributed by atoms with Gasteiger partial charge >= 0.3 is 5.97 Å². The van der Waals surface area contributed by atoms with Gasteiger partial charge in [0.05, 0.1) is 17.1 Å². The number of rotatable bonds is 5. The van der Waals surface area contributed by atoms with Gasteiger partial charge in [0.25, 0.3) is 0 Å². The number of carbonyl (C=O) groups is 1. The van der Waals surface area contributed by atoms with E-state index >= 15 is 0 Å². The quantitative estimate of drug-likeness (QED) is 0.772. The van der Waals surface area contributed by atoms with Gasteiger partial charge in [-0.2, -0.15) is 0 Å². The molecule has 18 heavy (non-hydrogen) atoms. The number of phenolic OH excluding ortho intramolecular Hbond substituents is 1. The molecule has 0 fully saturated rings. The molecule has 0 radical (unpaired) electrons. The molecule has 0 heterocycles. The van der Waals surface area contributed by atoms with E-state index in [1.165, 1.54) is 13.2 Å². The maximum Gasteiger partial charge on any atom is 0.303 e. The van der Waals surface area contributed by atoms with Crippen molar-refractivity contribution in [1.82, 2.24) is 0 Å². The third-order valence-electron chi connectivity index (χ3n) is 2.45. The molecule has 0 saturated heterocycles. The molecule has 0 aliphatic rings. The van der Waals surface area contributed by atoms with Crippen LogP contribution in [0.1, 0.15) is 24.4 Å². The van der Waals surface area contributed by atoms with Crippen LogP contribution < -0.4 is 10.5 Å². The smallest absolute Gasteiger partial charge is 0.303 e. The van der Waals surface area contributed by atoms with Gasteiger partial charge in [0, 0.05) is 18.5 Å². The molecule has 0 saturated carbocycles. The van der Waals surface area contributed by atoms with Crippen LogP contribution in [0.4, 0.5) is 4.39 Å². The van der Waals surface area contributed by atoms with Crippen molar-refractivity contribution in [1.29, 1.82) is 0 Å². The van der Waals surface area contributed by atoms with Gasteiger partial charge in [0.1, 0.15) is 5.82 Å². The van der Waals surface area contributed by atoms with E-state index in [-0.39, 0.29) is 28.6 Å². The highest BCUT2D eigenvalue weighted by molar-refractivity contribution is 9.10. The number of ether oxygens (including phenoxy) is 1. The molecule has 0 aromatic heterocycles. The first-order valence-electron chi connectivity index (χ1n) is 5.10. The van der Waals surface area contributed by atoms with Crippen LogP contribution in [0.3, 0.4) is 0 Å². The fourth-order valence-electron chi connectivity index (χ4n) is 1.53. The highest BCUT2D eigenvalue weighted by atomic mass is 79.9. The Kier molecular flexibility index (Phi) is 4.92. The minimum atomic E-state index is -1.03. The molecule has 100 valence electrons. The number of aromatic hydroxyl groups is 1. The lowest BCUT2D eigenvalue weighted by atomic mass is 10.0. The highest BCUT2D eigenvalue weighted by Crippen LogP contribution is 2.40. The van der Waals surface area contributed by atoms with Gasteiger partial charge in [-0.25, -0.2) is 4.39 Å². The van der Waals surface area contributed by atoms with Crippen molar-refractivity contribution >= 4 is 21.9 Å². The minimum Gasteiger partial charge on any atom is -0.504 e. The monoisotopic (exact) mass is 321 g/mol. The number of nitrogens with two attached hydrogens (primary N) is 1. The summed E-state index contributed by atoms with van der Waals surface area (Å²) in [6, 6.07) is 0.352. The fraction of sp³-hybridized carbons (Fsp3) is 0.364. The van der Waals surface area contributed by atoms with Crippen LogP contribution in [0.25, 0.3) is 0 Å². The second-order valence-electron chi connectivity index (χ2n) is 3.68. The molecule has 0 aliphatic carbocycles. The molecular weight excluding hydrogens is 309 g/mol. The van der Waals surface area contributed by atoms with Crippen LogP contribution in [0.15, 0.2) is 10.5 Å². The number of benzene rings is 1. The third-order valence-corrected chi connectivity index (χ3v) is 3.03. The van der Waals surface area contributed by atoms with Crippen LogP contribution in [0.2, 0.25) is 0 Å². The van der Waals surface area contributed by atoms with Crippen molar-refractivity contribution in [3.8, 4) is 11.5 Å². The Morgan fingerprint density at radius 3 is 2.78 bits per heavy atom. The van der Waals surface area contributed by atoms with Crippen molar-refractivity contribution < 1.29 is 24.1 Å². The van der Waals surface area contributed by atoms with E-state index in [4.69, 9.17) is 15.6 Å². The zero-order valence-electron chi connectivity index (χ0n) is 9.61. The predicted molar refractivity (Wildman–Crippen MR) is 66.1 cm³/mol. The van der Waals surface area contributed by atoms with E-state index < -0.39 is 23.6 Å². The third kappa shape index (κ3) is 3.11. The Labute approximate surface area is 111 Å². The van der Waals surface area contributed by atoms with E-state index in [1.807, 2.05) is 0 Å². The molecule has 1 aromatic rings. The Hall–Kier alpha value is -1.34. The van der Waals surface area contributed by atoms with Crippen LogP contribution in [-0.4, -0.2) is 23.3 Å². The summed E-state index contributed by atoms with van der Waals surface area (Å²) >= 11 is 2.98. The molecule has 1 unspecified atom stereocenters. The van der Waals surface area contributed by atoms with Gasteiger partial charge in [0.15, 0.2) is 11.5 Å². The summed E-state index contributed by atoms with van der Waals surface area (Å²) in [5, 5.41) is 18.4. The number of carboxylic acid groups (broad SMARTS) is 1. The highest BCUT2D eigenvalue weighted by Gasteiger charge is 2.23. The molecule has 0 aliphatic heterocycles. The molecule has 0 spiro atoms. The summed E-state index contributed by atoms with van der Waals surface area (Å²) in [6.07, 6.45) is -0.200. The second-order valence-corrected chi connectivity index (χ2v) is 4.53. The Morgan fingerprint density at radius 2 is 2.28 bits per heavy atom. The number of phenols is 1. The standard InChI is InChI=1S/C11H13BrFNO4/c1-18-7-4-5(12)10(13)9(11(7)17)6(14)2-3-8(15)16/h4,6,17H,2-3,14H2,1H3,(H,15,16). The van der Waals surface area contributed by atoms with Gasteiger partial charge in [-0.15, -0.1) is 0 Å². The van der Waals surface area contributed by atoms with E-state index in [9.17, 15) is 14.3 Å². The van der Waals surface area contributed by atoms with Gasteiger partial charge in [-0.05, 0) is 22.4 Å². The van der Waals surface area contributed by atoms with Gasteiger partial charge in [0.2, 0.25) is 0 Å². The lowest BCUT2D eigenvalue weighted by Gasteiger charge is -2.16. The van der Waals surface area contributed by atoms with Crippen molar-refractivity contribution in [3.05, 3.63) is 21.9 Å². The van der Waals surface area contributed by atoms with Crippen molar-refractivity contribution in [2.75, 3.05) is 7.11 Å². The maximum absolute atomic E-state index is 13.9. The van der Waals surface area contributed by atoms with E-state index in [1.54, 1.807) is 0 Å². The maximum atomic E-state index is 13.9. The topological polar surface area (TPSA) is 92.8 Å². The van der Waals surface area contributed by atoms with Crippen LogP contribution >= 0.6 is 15.9 Å². The molecular formula is C11H13BrFNO4. The van der Waals surface area contributed by atoms with E-state index in [2.05, 4.69) is 15.9 Å². The summed E-state index contributed by atoms with van der Waals surface area (Å²) in [7, 11) is 1.33. The summed E-state index contributed by atoms with van der Waals surface area (Å²) in [5.41, 5.74) is 5.55. The molecule has 4 N–H and O–H groups in total. The summed E-state index contributed by atoms with van der Waals surface area (Å²) < 4.78 is 18.8. The number of hydrogen-bond donors (Lipinski definition) is 3. The van der Waals surface area contributed by atoms with Crippen molar-refractivity contribution in [2.45, 2.75) is 18.9 Å². The summed E-state index contributed by atoms with van der Waals surface area (Å²) in [4.78, 5) is 10.4. The summed E-state index contributed by atoms with van der Waals surface area (Å²) in [6.45, 7) is 0. The number of halogens is 2. The normalized spacial score (nSPS) is 12.2. The number of carboxylic acids is 1. The van der Waals surface area contributed by atoms with Crippen LogP contribution in [0, 0.1) is 5.82 Å². The lowest BCUT2D eigenvalue weighted by Crippen LogP contribution is -2.15. The Bertz CT molecular complexity index is 467. The molecule has 1 aromatic carbocycles. The molecule has 5 nitrogen and oxygen atoms in total. The van der Waals surface area contributed by atoms with Crippen LogP contribution in [0.5, 0.6) is 11.5 Å². The average molecular weight is 322 g/mol. The lowest BCUT2D eigenvalue weighted by molar-refractivity contribution is -0.137. The van der Waals surface area contributed by atoms with Crippen molar-refractivity contribution in [3.63, 3.8) is 0 Å². The number of aliphatic carboxylic acids is 1. The zero-order valence-corrected chi connectivity index (χ0v) is 11.2. The zero-order chi connectivity index (χ0) is 13.9. The number of methoxy groups -OCH3 is 1. The molecule has 7 heteroatoms. The first-order chi connectivity index (χ1) is 8.38. The SMILES string of the molecule is COc1cc(Br)c(F)c(C(N)CCC(=O)O)c1O. The van der Waals surface area contributed by atoms with E-state index in [0.717, 1.165) is 0 Å².